The van der Waals surface area contributed by atoms with Crippen molar-refractivity contribution in [1.29, 1.82) is 0 Å². The third kappa shape index (κ3) is 3.15. The lowest BCUT2D eigenvalue weighted by Gasteiger charge is -2.28. The van der Waals surface area contributed by atoms with Gasteiger partial charge in [0.2, 0.25) is 5.91 Å². The minimum absolute atomic E-state index is 0.483. The summed E-state index contributed by atoms with van der Waals surface area (Å²) < 4.78 is 0. The minimum atomic E-state index is -1.54. The van der Waals surface area contributed by atoms with Crippen molar-refractivity contribution in [3.8, 4) is 0 Å². The van der Waals surface area contributed by atoms with Gasteiger partial charge in [-0.05, 0) is 18.1 Å². The Bertz CT molecular complexity index is 658. The molecule has 2 rings (SSSR count). The van der Waals surface area contributed by atoms with Crippen LogP contribution in [0, 0.1) is 0 Å². The predicted octanol–water partition coefficient (Wildman–Crippen LogP) is 1.80. The lowest BCUT2D eigenvalue weighted by atomic mass is 9.91. The number of carboxylic acid groups (broad SMARTS) is 1. The molecule has 0 fully saturated rings. The van der Waals surface area contributed by atoms with Crippen LogP contribution in [0.15, 0.2) is 60.7 Å². The quantitative estimate of drug-likeness (QED) is 0.785. The van der Waals surface area contributed by atoms with E-state index in [-0.39, 0.29) is 0 Å². The highest BCUT2D eigenvalue weighted by Crippen LogP contribution is 2.22. The van der Waals surface area contributed by atoms with Crippen LogP contribution in [0.25, 0.3) is 0 Å². The van der Waals surface area contributed by atoms with Crippen molar-refractivity contribution in [2.24, 2.45) is 5.73 Å². The average molecular weight is 298 g/mol. The number of carbonyl (C=O) groups excluding carboxylic acids is 1. The Balaban J connectivity index is 2.25. The van der Waals surface area contributed by atoms with E-state index in [1.807, 2.05) is 6.07 Å². The molecule has 0 unspecified atom stereocenters. The molecule has 2 aromatic carbocycles. The molecule has 5 heteroatoms. The van der Waals surface area contributed by atoms with E-state index in [1.54, 1.807) is 54.6 Å². The van der Waals surface area contributed by atoms with Crippen LogP contribution in [0.3, 0.4) is 0 Å². The smallest absolute Gasteiger partial charge is 0.333 e. The molecule has 114 valence electrons. The second-order valence-corrected chi connectivity index (χ2v) is 5.17. The van der Waals surface area contributed by atoms with Crippen LogP contribution in [0.4, 0.5) is 0 Å². The van der Waals surface area contributed by atoms with E-state index in [1.165, 1.54) is 6.92 Å². The highest BCUT2D eigenvalue weighted by atomic mass is 16.4. The summed E-state index contributed by atoms with van der Waals surface area (Å²) in [6, 6.07) is 16.4. The number of nitrogens with one attached hydrogen (secondary N) is 1. The largest absolute Gasteiger partial charge is 0.479 e. The maximum atomic E-state index is 12.3. The second-order valence-electron chi connectivity index (χ2n) is 5.17. The molecule has 1 amide bonds. The molecule has 0 spiro atoms. The summed E-state index contributed by atoms with van der Waals surface area (Å²) >= 11 is 0. The topological polar surface area (TPSA) is 92.4 Å². The van der Waals surface area contributed by atoms with Gasteiger partial charge in [-0.25, -0.2) is 4.79 Å². The SMILES string of the molecule is C[C@@](NC(=O)[C@@H](N)c1ccccc1)(C(=O)O)c1ccccc1. The Hall–Kier alpha value is -2.66. The van der Waals surface area contributed by atoms with Crippen molar-refractivity contribution >= 4 is 11.9 Å². The maximum absolute atomic E-state index is 12.3. The fourth-order valence-corrected chi connectivity index (χ4v) is 2.16. The zero-order chi connectivity index (χ0) is 16.2. The van der Waals surface area contributed by atoms with Gasteiger partial charge in [0.15, 0.2) is 5.54 Å². The third-order valence-corrected chi connectivity index (χ3v) is 3.59. The number of nitrogens with two attached hydrogens (primary N) is 1. The number of aliphatic carboxylic acids is 1. The van der Waals surface area contributed by atoms with Gasteiger partial charge in [-0.15, -0.1) is 0 Å². The maximum Gasteiger partial charge on any atom is 0.333 e. The van der Waals surface area contributed by atoms with E-state index >= 15 is 0 Å². The number of rotatable bonds is 5. The van der Waals surface area contributed by atoms with Gasteiger partial charge in [-0.1, -0.05) is 60.7 Å². The molecule has 0 aliphatic carbocycles. The zero-order valence-corrected chi connectivity index (χ0v) is 12.2. The summed E-state index contributed by atoms with van der Waals surface area (Å²) in [6.45, 7) is 1.44. The van der Waals surface area contributed by atoms with Crippen LogP contribution in [0.1, 0.15) is 24.1 Å². The standard InChI is InChI=1S/C17H18N2O3/c1-17(16(21)22,13-10-6-3-7-11-13)19-15(20)14(18)12-8-4-2-5-9-12/h2-11,14H,18H2,1H3,(H,19,20)(H,21,22)/t14-,17-/m0/s1. The van der Waals surface area contributed by atoms with Crippen molar-refractivity contribution in [3.63, 3.8) is 0 Å². The Kier molecular flexibility index (Phi) is 4.58. The highest BCUT2D eigenvalue weighted by molar-refractivity contribution is 5.90. The van der Waals surface area contributed by atoms with Gasteiger partial charge in [0.05, 0.1) is 0 Å². The summed E-state index contributed by atoms with van der Waals surface area (Å²) in [4.78, 5) is 24.0. The molecule has 0 aliphatic rings. The summed E-state index contributed by atoms with van der Waals surface area (Å²) in [6.07, 6.45) is 0. The van der Waals surface area contributed by atoms with Gasteiger partial charge >= 0.3 is 5.97 Å². The molecule has 4 N–H and O–H groups in total. The first kappa shape index (κ1) is 15.7. The van der Waals surface area contributed by atoms with E-state index in [0.29, 0.717) is 11.1 Å². The molecular formula is C17H18N2O3. The van der Waals surface area contributed by atoms with E-state index in [0.717, 1.165) is 0 Å². The van der Waals surface area contributed by atoms with Crippen molar-refractivity contribution in [2.75, 3.05) is 0 Å². The number of carboxylic acids is 1. The Morgan fingerprint density at radius 2 is 1.55 bits per heavy atom. The van der Waals surface area contributed by atoms with Crippen LogP contribution in [0.2, 0.25) is 0 Å². The van der Waals surface area contributed by atoms with Crippen molar-refractivity contribution < 1.29 is 14.7 Å². The molecule has 2 aromatic rings. The summed E-state index contributed by atoms with van der Waals surface area (Å²) in [5.41, 5.74) is 5.49. The van der Waals surface area contributed by atoms with Gasteiger partial charge in [-0.3, -0.25) is 4.79 Å². The fourth-order valence-electron chi connectivity index (χ4n) is 2.16. The molecule has 0 saturated carbocycles. The predicted molar refractivity (Wildman–Crippen MR) is 82.9 cm³/mol. The van der Waals surface area contributed by atoms with Crippen LogP contribution >= 0.6 is 0 Å². The Labute approximate surface area is 128 Å². The third-order valence-electron chi connectivity index (χ3n) is 3.59. The lowest BCUT2D eigenvalue weighted by Crippen LogP contribution is -2.52. The van der Waals surface area contributed by atoms with Gasteiger partial charge < -0.3 is 16.2 Å². The molecule has 0 saturated heterocycles. The molecule has 0 bridgehead atoms. The van der Waals surface area contributed by atoms with Gasteiger partial charge in [0, 0.05) is 0 Å². The highest BCUT2D eigenvalue weighted by Gasteiger charge is 2.38. The molecule has 22 heavy (non-hydrogen) atoms. The summed E-state index contributed by atoms with van der Waals surface area (Å²) in [7, 11) is 0. The number of hydrogen-bond donors (Lipinski definition) is 3. The molecule has 0 radical (unpaired) electrons. The fraction of sp³-hybridized carbons (Fsp3) is 0.176. The minimum Gasteiger partial charge on any atom is -0.479 e. The van der Waals surface area contributed by atoms with Crippen molar-refractivity contribution in [2.45, 2.75) is 18.5 Å². The second kappa shape index (κ2) is 6.41. The molecule has 0 heterocycles. The first-order chi connectivity index (χ1) is 10.4. The average Bonchev–Trinajstić information content (AvgIpc) is 2.55. The number of benzene rings is 2. The van der Waals surface area contributed by atoms with Crippen molar-refractivity contribution in [3.05, 3.63) is 71.8 Å². The monoisotopic (exact) mass is 298 g/mol. The molecule has 5 nitrogen and oxygen atoms in total. The molecule has 0 aliphatic heterocycles. The van der Waals surface area contributed by atoms with Gasteiger partial charge in [0.1, 0.15) is 6.04 Å². The first-order valence-electron chi connectivity index (χ1n) is 6.86. The normalized spacial score (nSPS) is 14.6. The number of carbonyl (C=O) groups is 2. The lowest BCUT2D eigenvalue weighted by molar-refractivity contribution is -0.147. The zero-order valence-electron chi connectivity index (χ0n) is 12.2. The first-order valence-corrected chi connectivity index (χ1v) is 6.86. The van der Waals surface area contributed by atoms with E-state index in [9.17, 15) is 14.7 Å². The van der Waals surface area contributed by atoms with Gasteiger partial charge in [0.25, 0.3) is 0 Å². The van der Waals surface area contributed by atoms with Crippen molar-refractivity contribution in [1.82, 2.24) is 5.32 Å². The van der Waals surface area contributed by atoms with Crippen LogP contribution < -0.4 is 11.1 Å². The summed E-state index contributed by atoms with van der Waals surface area (Å²) in [5.74, 6) is -1.69. The van der Waals surface area contributed by atoms with E-state index < -0.39 is 23.5 Å². The van der Waals surface area contributed by atoms with E-state index in [2.05, 4.69) is 5.32 Å². The molecular weight excluding hydrogens is 280 g/mol. The van der Waals surface area contributed by atoms with Crippen LogP contribution in [-0.2, 0) is 15.1 Å². The Morgan fingerprint density at radius 1 is 1.05 bits per heavy atom. The molecule has 0 aromatic heterocycles. The number of hydrogen-bond acceptors (Lipinski definition) is 3. The summed E-state index contributed by atoms with van der Waals surface area (Å²) in [5, 5.41) is 12.1. The van der Waals surface area contributed by atoms with E-state index in [4.69, 9.17) is 5.73 Å². The number of amides is 1. The van der Waals surface area contributed by atoms with Crippen LogP contribution in [-0.4, -0.2) is 17.0 Å². The van der Waals surface area contributed by atoms with Crippen LogP contribution in [0.5, 0.6) is 0 Å². The Morgan fingerprint density at radius 3 is 2.05 bits per heavy atom. The van der Waals surface area contributed by atoms with Gasteiger partial charge in [-0.2, -0.15) is 0 Å². The molecule has 2 atom stereocenters.